The van der Waals surface area contributed by atoms with E-state index in [9.17, 15) is 9.90 Å². The minimum Gasteiger partial charge on any atom is -0.507 e. The van der Waals surface area contributed by atoms with Gasteiger partial charge in [-0.3, -0.25) is 14.9 Å². The molecule has 4 rings (SSSR count). The largest absolute Gasteiger partial charge is 0.507 e. The zero-order valence-corrected chi connectivity index (χ0v) is 13.3. The normalized spacial score (nSPS) is 10.9. The Bertz CT molecular complexity index is 1090. The van der Waals surface area contributed by atoms with Crippen LogP contribution in [0.15, 0.2) is 47.2 Å². The van der Waals surface area contributed by atoms with E-state index in [2.05, 4.69) is 25.7 Å². The number of phenols is 1. The van der Waals surface area contributed by atoms with Gasteiger partial charge in [-0.1, -0.05) is 16.8 Å². The first-order chi connectivity index (χ1) is 12.1. The van der Waals surface area contributed by atoms with E-state index in [1.54, 1.807) is 30.5 Å². The Morgan fingerprint density at radius 3 is 3.08 bits per heavy atom. The number of aromatic nitrogens is 4. The second kappa shape index (κ2) is 5.91. The standard InChI is InChI=1S/C16H10ClN5O3/c17-8-3-4-12(23)9(6-8)13-11(7-19-21-13)20-16(24)15-14-10(22-25-15)2-1-5-18-14/h1-7,23H,(H,19,21)(H,20,24). The molecule has 4 aromatic rings. The number of phenolic OH excluding ortho intramolecular Hbond substituents is 1. The van der Waals surface area contributed by atoms with Crippen molar-refractivity contribution in [2.75, 3.05) is 5.32 Å². The minimum absolute atomic E-state index is 0.00377. The monoisotopic (exact) mass is 355 g/mol. The highest BCUT2D eigenvalue weighted by molar-refractivity contribution is 6.31. The summed E-state index contributed by atoms with van der Waals surface area (Å²) in [5, 5.41) is 23.6. The molecular weight excluding hydrogens is 346 g/mol. The molecule has 1 aromatic carbocycles. The number of amides is 1. The van der Waals surface area contributed by atoms with E-state index in [0.29, 0.717) is 33.0 Å². The lowest BCUT2D eigenvalue weighted by atomic mass is 10.1. The van der Waals surface area contributed by atoms with Crippen LogP contribution in [-0.2, 0) is 0 Å². The molecule has 0 fully saturated rings. The van der Waals surface area contributed by atoms with Gasteiger partial charge in [-0.25, -0.2) is 0 Å². The first-order valence-electron chi connectivity index (χ1n) is 7.17. The van der Waals surface area contributed by atoms with Gasteiger partial charge in [0.2, 0.25) is 0 Å². The van der Waals surface area contributed by atoms with Crippen molar-refractivity contribution in [1.29, 1.82) is 0 Å². The number of carbonyl (C=O) groups is 1. The van der Waals surface area contributed by atoms with Crippen LogP contribution in [-0.4, -0.2) is 31.4 Å². The fraction of sp³-hybridized carbons (Fsp3) is 0. The molecule has 0 radical (unpaired) electrons. The Morgan fingerprint density at radius 2 is 2.20 bits per heavy atom. The number of rotatable bonds is 3. The summed E-state index contributed by atoms with van der Waals surface area (Å²) in [5.41, 5.74) is 2.00. The van der Waals surface area contributed by atoms with Crippen LogP contribution in [0.2, 0.25) is 5.02 Å². The number of nitrogens with zero attached hydrogens (tertiary/aromatic N) is 3. The van der Waals surface area contributed by atoms with Crippen LogP contribution in [0.3, 0.4) is 0 Å². The average molecular weight is 356 g/mol. The molecule has 9 heteroatoms. The third-order valence-electron chi connectivity index (χ3n) is 3.56. The summed E-state index contributed by atoms with van der Waals surface area (Å²) in [6.45, 7) is 0. The summed E-state index contributed by atoms with van der Waals surface area (Å²) in [6, 6.07) is 7.96. The molecule has 8 nitrogen and oxygen atoms in total. The van der Waals surface area contributed by atoms with Gasteiger partial charge in [0.05, 0.1) is 17.6 Å². The first kappa shape index (κ1) is 15.2. The quantitative estimate of drug-likeness (QED) is 0.519. The van der Waals surface area contributed by atoms with E-state index >= 15 is 0 Å². The van der Waals surface area contributed by atoms with Crippen molar-refractivity contribution >= 4 is 34.2 Å². The maximum absolute atomic E-state index is 12.5. The summed E-state index contributed by atoms with van der Waals surface area (Å²) in [6.07, 6.45) is 2.96. The lowest BCUT2D eigenvalue weighted by Gasteiger charge is -2.07. The number of H-pyrrole nitrogens is 1. The van der Waals surface area contributed by atoms with E-state index in [0.717, 1.165) is 0 Å². The molecular formula is C16H10ClN5O3. The molecule has 0 unspecified atom stereocenters. The minimum atomic E-state index is -0.537. The van der Waals surface area contributed by atoms with Crippen LogP contribution >= 0.6 is 11.6 Å². The summed E-state index contributed by atoms with van der Waals surface area (Å²) in [4.78, 5) is 16.6. The maximum Gasteiger partial charge on any atom is 0.296 e. The number of aromatic amines is 1. The molecule has 0 aliphatic carbocycles. The predicted octanol–water partition coefficient (Wildman–Crippen LogP) is 3.22. The maximum atomic E-state index is 12.5. The molecule has 0 bridgehead atoms. The SMILES string of the molecule is O=C(Nc1cn[nH]c1-c1cc(Cl)ccc1O)c1onc2cccnc12. The number of hydrogen-bond acceptors (Lipinski definition) is 6. The molecule has 0 aliphatic rings. The van der Waals surface area contributed by atoms with Gasteiger partial charge >= 0.3 is 0 Å². The van der Waals surface area contributed by atoms with Crippen molar-refractivity contribution in [3.63, 3.8) is 0 Å². The molecule has 0 spiro atoms. The second-order valence-electron chi connectivity index (χ2n) is 5.16. The fourth-order valence-corrected chi connectivity index (χ4v) is 2.58. The average Bonchev–Trinajstić information content (AvgIpc) is 3.23. The molecule has 124 valence electrons. The van der Waals surface area contributed by atoms with Crippen LogP contribution in [0.25, 0.3) is 22.3 Å². The van der Waals surface area contributed by atoms with Gasteiger partial charge in [0, 0.05) is 16.8 Å². The van der Waals surface area contributed by atoms with Crippen molar-refractivity contribution < 1.29 is 14.4 Å². The molecule has 0 aliphatic heterocycles. The van der Waals surface area contributed by atoms with Gasteiger partial charge in [0.15, 0.2) is 0 Å². The molecule has 0 atom stereocenters. The molecule has 3 aromatic heterocycles. The van der Waals surface area contributed by atoms with E-state index in [1.807, 2.05) is 0 Å². The Labute approximate surface area is 145 Å². The molecule has 1 amide bonds. The molecule has 25 heavy (non-hydrogen) atoms. The van der Waals surface area contributed by atoms with Crippen molar-refractivity contribution in [1.82, 2.24) is 20.3 Å². The number of carbonyl (C=O) groups excluding carboxylic acids is 1. The number of pyridine rings is 1. The van der Waals surface area contributed by atoms with Crippen LogP contribution < -0.4 is 5.32 Å². The van der Waals surface area contributed by atoms with Gasteiger partial charge < -0.3 is 14.9 Å². The number of halogens is 1. The highest BCUT2D eigenvalue weighted by Crippen LogP contribution is 2.34. The molecule has 0 saturated carbocycles. The van der Waals surface area contributed by atoms with Crippen LogP contribution in [0.5, 0.6) is 5.75 Å². The lowest BCUT2D eigenvalue weighted by Crippen LogP contribution is -2.11. The van der Waals surface area contributed by atoms with Crippen LogP contribution in [0.1, 0.15) is 10.6 Å². The molecule has 3 N–H and O–H groups in total. The smallest absolute Gasteiger partial charge is 0.296 e. The Balaban J connectivity index is 1.69. The van der Waals surface area contributed by atoms with E-state index in [-0.39, 0.29) is 11.5 Å². The number of nitrogens with one attached hydrogen (secondary N) is 2. The van der Waals surface area contributed by atoms with Gasteiger partial charge in [0.1, 0.15) is 16.8 Å². The number of fused-ring (bicyclic) bond motifs is 1. The van der Waals surface area contributed by atoms with Crippen LogP contribution in [0.4, 0.5) is 5.69 Å². The highest BCUT2D eigenvalue weighted by Gasteiger charge is 2.21. The predicted molar refractivity (Wildman–Crippen MR) is 90.5 cm³/mol. The van der Waals surface area contributed by atoms with Gasteiger partial charge in [-0.05, 0) is 30.3 Å². The number of benzene rings is 1. The van der Waals surface area contributed by atoms with Crippen molar-refractivity contribution in [2.24, 2.45) is 0 Å². The zero-order valence-electron chi connectivity index (χ0n) is 12.5. The third kappa shape index (κ3) is 2.68. The van der Waals surface area contributed by atoms with Crippen molar-refractivity contribution in [3.8, 4) is 17.0 Å². The highest BCUT2D eigenvalue weighted by atomic mass is 35.5. The third-order valence-corrected chi connectivity index (χ3v) is 3.79. The summed E-state index contributed by atoms with van der Waals surface area (Å²) >= 11 is 5.97. The second-order valence-corrected chi connectivity index (χ2v) is 5.59. The summed E-state index contributed by atoms with van der Waals surface area (Å²) < 4.78 is 5.09. The van der Waals surface area contributed by atoms with Crippen LogP contribution in [0, 0.1) is 0 Å². The van der Waals surface area contributed by atoms with Gasteiger partial charge in [-0.15, -0.1) is 0 Å². The van der Waals surface area contributed by atoms with Gasteiger partial charge in [0.25, 0.3) is 11.7 Å². The Morgan fingerprint density at radius 1 is 1.32 bits per heavy atom. The van der Waals surface area contributed by atoms with E-state index in [4.69, 9.17) is 16.1 Å². The summed E-state index contributed by atoms with van der Waals surface area (Å²) in [7, 11) is 0. The molecule has 0 saturated heterocycles. The topological polar surface area (TPSA) is 117 Å². The Kier molecular flexibility index (Phi) is 3.58. The van der Waals surface area contributed by atoms with Crippen molar-refractivity contribution in [2.45, 2.75) is 0 Å². The molecule has 3 heterocycles. The van der Waals surface area contributed by atoms with Gasteiger partial charge in [-0.2, -0.15) is 5.10 Å². The zero-order chi connectivity index (χ0) is 17.4. The Hall–Kier alpha value is -3.39. The first-order valence-corrected chi connectivity index (χ1v) is 7.55. The fourth-order valence-electron chi connectivity index (χ4n) is 2.41. The van der Waals surface area contributed by atoms with Crippen molar-refractivity contribution in [3.05, 3.63) is 53.5 Å². The van der Waals surface area contributed by atoms with E-state index in [1.165, 1.54) is 12.3 Å². The van der Waals surface area contributed by atoms with E-state index < -0.39 is 5.91 Å². The number of hydrogen-bond donors (Lipinski definition) is 3. The number of aromatic hydroxyl groups is 1. The number of anilines is 1. The summed E-state index contributed by atoms with van der Waals surface area (Å²) in [5.74, 6) is -0.556. The lowest BCUT2D eigenvalue weighted by molar-refractivity contribution is 0.0990.